The molecule has 0 saturated heterocycles. The monoisotopic (exact) mass is 279 g/mol. The molecule has 0 spiro atoms. The molecule has 20 heavy (non-hydrogen) atoms. The van der Waals surface area contributed by atoms with Crippen LogP contribution in [0.25, 0.3) is 0 Å². The Labute approximate surface area is 119 Å². The Hall–Kier alpha value is -1.55. The predicted octanol–water partition coefficient (Wildman–Crippen LogP) is 3.57. The van der Waals surface area contributed by atoms with Gasteiger partial charge in [0.2, 0.25) is 0 Å². The Bertz CT molecular complexity index is 474. The van der Waals surface area contributed by atoms with Gasteiger partial charge in [0.05, 0.1) is 19.8 Å². The van der Waals surface area contributed by atoms with E-state index in [-0.39, 0.29) is 17.6 Å². The first kappa shape index (κ1) is 14.9. The van der Waals surface area contributed by atoms with Crippen molar-refractivity contribution in [2.24, 2.45) is 0 Å². The van der Waals surface area contributed by atoms with E-state index in [9.17, 15) is 4.39 Å². The normalized spacial score (nSPS) is 16.2. The average molecular weight is 279 g/mol. The molecule has 1 aliphatic heterocycles. The lowest BCUT2D eigenvalue weighted by molar-refractivity contribution is 0.167. The Morgan fingerprint density at radius 3 is 2.90 bits per heavy atom. The third kappa shape index (κ3) is 3.51. The number of nitrogens with one attached hydrogen (secondary N) is 1. The van der Waals surface area contributed by atoms with Crippen LogP contribution in [0.2, 0.25) is 0 Å². The molecule has 2 rings (SSSR count). The molecular weight excluding hydrogens is 257 g/mol. The first-order chi connectivity index (χ1) is 9.76. The zero-order valence-corrected chi connectivity index (χ0v) is 12.1. The average Bonchev–Trinajstić information content (AvgIpc) is 2.49. The van der Waals surface area contributed by atoms with Gasteiger partial charge in [-0.25, -0.2) is 4.39 Å². The molecule has 0 aromatic heterocycles. The number of benzene rings is 1. The molecule has 0 saturated carbocycles. The highest BCUT2D eigenvalue weighted by Gasteiger charge is 2.20. The third-order valence-corrected chi connectivity index (χ3v) is 3.35. The van der Waals surface area contributed by atoms with E-state index in [1.165, 1.54) is 13.2 Å². The van der Waals surface area contributed by atoms with Crippen molar-refractivity contribution in [1.29, 1.82) is 0 Å². The summed E-state index contributed by atoms with van der Waals surface area (Å²) in [7, 11) is 1.47. The van der Waals surface area contributed by atoms with Crippen LogP contribution in [0.5, 0.6) is 5.75 Å². The van der Waals surface area contributed by atoms with E-state index in [2.05, 4.69) is 18.3 Å². The van der Waals surface area contributed by atoms with E-state index in [0.717, 1.165) is 43.7 Å². The number of hydrogen-bond donors (Lipinski definition) is 1. The SMILES string of the molecule is CCCNC(C1=CCCCO1)c1ccc(OC)c(F)c1. The van der Waals surface area contributed by atoms with Crippen LogP contribution in [0.15, 0.2) is 30.0 Å². The molecule has 3 nitrogen and oxygen atoms in total. The molecule has 1 aromatic rings. The van der Waals surface area contributed by atoms with Crippen molar-refractivity contribution in [3.63, 3.8) is 0 Å². The molecule has 0 fully saturated rings. The van der Waals surface area contributed by atoms with E-state index in [1.54, 1.807) is 6.07 Å². The van der Waals surface area contributed by atoms with Gasteiger partial charge < -0.3 is 14.8 Å². The van der Waals surface area contributed by atoms with Crippen molar-refractivity contribution in [3.05, 3.63) is 41.4 Å². The second kappa shape index (κ2) is 7.29. The van der Waals surface area contributed by atoms with Crippen LogP contribution < -0.4 is 10.1 Å². The Morgan fingerprint density at radius 1 is 1.45 bits per heavy atom. The van der Waals surface area contributed by atoms with Gasteiger partial charge in [0.25, 0.3) is 0 Å². The van der Waals surface area contributed by atoms with Gasteiger partial charge in [-0.05, 0) is 49.6 Å². The summed E-state index contributed by atoms with van der Waals surface area (Å²) in [6.07, 6.45) is 5.17. The van der Waals surface area contributed by atoms with Gasteiger partial charge in [0.15, 0.2) is 11.6 Å². The van der Waals surface area contributed by atoms with E-state index in [0.29, 0.717) is 0 Å². The molecule has 1 aromatic carbocycles. The molecule has 1 unspecified atom stereocenters. The lowest BCUT2D eigenvalue weighted by Crippen LogP contribution is -2.26. The fourth-order valence-electron chi connectivity index (χ4n) is 2.31. The maximum Gasteiger partial charge on any atom is 0.165 e. The lowest BCUT2D eigenvalue weighted by Gasteiger charge is -2.25. The third-order valence-electron chi connectivity index (χ3n) is 3.35. The molecule has 1 aliphatic rings. The summed E-state index contributed by atoms with van der Waals surface area (Å²) < 4.78 is 24.6. The quantitative estimate of drug-likeness (QED) is 0.863. The summed E-state index contributed by atoms with van der Waals surface area (Å²) in [5.41, 5.74) is 0.866. The van der Waals surface area contributed by atoms with Crippen molar-refractivity contribution in [2.45, 2.75) is 32.2 Å². The summed E-state index contributed by atoms with van der Waals surface area (Å²) in [5, 5.41) is 3.42. The van der Waals surface area contributed by atoms with E-state index in [4.69, 9.17) is 9.47 Å². The van der Waals surface area contributed by atoms with Crippen LogP contribution in [-0.4, -0.2) is 20.3 Å². The maximum atomic E-state index is 13.9. The maximum absolute atomic E-state index is 13.9. The lowest BCUT2D eigenvalue weighted by atomic mass is 10.0. The van der Waals surface area contributed by atoms with Gasteiger partial charge in [-0.2, -0.15) is 0 Å². The van der Waals surface area contributed by atoms with Crippen LogP contribution in [0.1, 0.15) is 37.8 Å². The highest BCUT2D eigenvalue weighted by molar-refractivity contribution is 5.34. The summed E-state index contributed by atoms with van der Waals surface area (Å²) in [6, 6.07) is 4.98. The van der Waals surface area contributed by atoms with Crippen LogP contribution in [-0.2, 0) is 4.74 Å². The van der Waals surface area contributed by atoms with E-state index in [1.807, 2.05) is 6.07 Å². The van der Waals surface area contributed by atoms with E-state index < -0.39 is 0 Å². The van der Waals surface area contributed by atoms with Gasteiger partial charge >= 0.3 is 0 Å². The Morgan fingerprint density at radius 2 is 2.30 bits per heavy atom. The van der Waals surface area contributed by atoms with Crippen molar-refractivity contribution in [2.75, 3.05) is 20.3 Å². The van der Waals surface area contributed by atoms with Crippen LogP contribution >= 0.6 is 0 Å². The predicted molar refractivity (Wildman–Crippen MR) is 77.3 cm³/mol. The summed E-state index contributed by atoms with van der Waals surface area (Å²) in [5.74, 6) is 0.820. The molecule has 1 atom stereocenters. The number of methoxy groups -OCH3 is 1. The minimum absolute atomic E-state index is 0.0874. The zero-order chi connectivity index (χ0) is 14.4. The number of allylic oxidation sites excluding steroid dienone is 1. The standard InChI is InChI=1S/C16H22FNO2/c1-3-9-18-16(15-6-4-5-10-20-15)12-7-8-14(19-2)13(17)11-12/h6-8,11,16,18H,3-5,9-10H2,1-2H3. The summed E-state index contributed by atoms with van der Waals surface area (Å²) in [4.78, 5) is 0. The minimum Gasteiger partial charge on any atom is -0.496 e. The fourth-order valence-corrected chi connectivity index (χ4v) is 2.31. The van der Waals surface area contributed by atoms with Crippen molar-refractivity contribution in [1.82, 2.24) is 5.32 Å². The molecule has 4 heteroatoms. The highest BCUT2D eigenvalue weighted by atomic mass is 19.1. The highest BCUT2D eigenvalue weighted by Crippen LogP contribution is 2.29. The Balaban J connectivity index is 2.25. The number of hydrogen-bond acceptors (Lipinski definition) is 3. The summed E-state index contributed by atoms with van der Waals surface area (Å²) in [6.45, 7) is 3.70. The van der Waals surface area contributed by atoms with Crippen LogP contribution in [0.4, 0.5) is 4.39 Å². The molecule has 0 bridgehead atoms. The van der Waals surface area contributed by atoms with Gasteiger partial charge in [0.1, 0.15) is 5.76 Å². The largest absolute Gasteiger partial charge is 0.496 e. The summed E-state index contributed by atoms with van der Waals surface area (Å²) >= 11 is 0. The number of halogens is 1. The van der Waals surface area contributed by atoms with E-state index >= 15 is 0 Å². The van der Waals surface area contributed by atoms with Crippen molar-refractivity contribution < 1.29 is 13.9 Å². The molecule has 1 heterocycles. The molecule has 110 valence electrons. The number of rotatable bonds is 6. The minimum atomic E-state index is -0.343. The zero-order valence-electron chi connectivity index (χ0n) is 12.1. The molecule has 1 N–H and O–H groups in total. The van der Waals surface area contributed by atoms with Crippen molar-refractivity contribution >= 4 is 0 Å². The second-order valence-corrected chi connectivity index (χ2v) is 4.88. The van der Waals surface area contributed by atoms with Gasteiger partial charge in [-0.1, -0.05) is 13.0 Å². The topological polar surface area (TPSA) is 30.5 Å². The molecule has 0 aliphatic carbocycles. The van der Waals surface area contributed by atoms with Crippen LogP contribution in [0, 0.1) is 5.82 Å². The molecule has 0 amide bonds. The molecular formula is C16H22FNO2. The first-order valence-electron chi connectivity index (χ1n) is 7.16. The second-order valence-electron chi connectivity index (χ2n) is 4.88. The molecule has 0 radical (unpaired) electrons. The van der Waals surface area contributed by atoms with Crippen LogP contribution in [0.3, 0.4) is 0 Å². The fraction of sp³-hybridized carbons (Fsp3) is 0.500. The first-order valence-corrected chi connectivity index (χ1v) is 7.16. The van der Waals surface area contributed by atoms with Gasteiger partial charge in [-0.15, -0.1) is 0 Å². The Kier molecular flexibility index (Phi) is 5.41. The number of ether oxygens (including phenoxy) is 2. The smallest absolute Gasteiger partial charge is 0.165 e. The van der Waals surface area contributed by atoms with Crippen molar-refractivity contribution in [3.8, 4) is 5.75 Å². The van der Waals surface area contributed by atoms with Gasteiger partial charge in [-0.3, -0.25) is 0 Å². The van der Waals surface area contributed by atoms with Gasteiger partial charge in [0, 0.05) is 0 Å².